The normalized spacial score (nSPS) is 26.3. The summed E-state index contributed by atoms with van der Waals surface area (Å²) >= 11 is 7.86. The van der Waals surface area contributed by atoms with E-state index in [1.54, 1.807) is 65.5 Å². The number of amides is 4. The molecule has 6 atom stereocenters. The molecule has 3 fully saturated rings. The Morgan fingerprint density at radius 3 is 2.43 bits per heavy atom. The summed E-state index contributed by atoms with van der Waals surface area (Å²) in [7, 11) is -0.0803. The number of halogens is 1. The molecule has 0 spiro atoms. The molecule has 9 rings (SSSR count). The van der Waals surface area contributed by atoms with Crippen LogP contribution in [0.1, 0.15) is 36.8 Å². The van der Waals surface area contributed by atoms with Crippen molar-refractivity contribution in [2.45, 2.75) is 32.6 Å². The number of aromatic hydroxyl groups is 1. The zero-order valence-electron chi connectivity index (χ0n) is 29.4. The molecule has 3 N–H and O–H groups in total. The van der Waals surface area contributed by atoms with Gasteiger partial charge < -0.3 is 15.2 Å². The topological polar surface area (TPSA) is 153 Å². The highest BCUT2D eigenvalue weighted by molar-refractivity contribution is 7.22. The van der Waals surface area contributed by atoms with E-state index in [-0.39, 0.29) is 35.6 Å². The summed E-state index contributed by atoms with van der Waals surface area (Å²) in [6.07, 6.45) is 2.39. The number of imide groups is 2. The lowest BCUT2D eigenvalue weighted by atomic mass is 9.51. The predicted octanol–water partition coefficient (Wildman–Crippen LogP) is 5.08. The first kappa shape index (κ1) is 34.7. The molecule has 14 heteroatoms. The van der Waals surface area contributed by atoms with Gasteiger partial charge in [-0.3, -0.25) is 28.8 Å². The molecule has 54 heavy (non-hydrogen) atoms. The number of allylic oxidation sites excluding steroid dienone is 2. The fourth-order valence-electron chi connectivity index (χ4n) is 9.57. The van der Waals surface area contributed by atoms with E-state index < -0.39 is 59.8 Å². The number of fused-ring (bicyclic) bond motifs is 5. The molecule has 2 aliphatic heterocycles. The van der Waals surface area contributed by atoms with Crippen molar-refractivity contribution in [1.82, 2.24) is 9.78 Å². The maximum Gasteiger partial charge on any atom is 0.488 e. The molecule has 0 bridgehead atoms. The van der Waals surface area contributed by atoms with E-state index in [9.17, 15) is 29.5 Å². The maximum absolute atomic E-state index is 15.0. The molecule has 4 amide bonds. The zero-order valence-corrected chi connectivity index (χ0v) is 31.0. The Balaban J connectivity index is 1.13. The number of hydrogen-bond donors (Lipinski definition) is 3. The Bertz CT molecular complexity index is 2490. The van der Waals surface area contributed by atoms with Gasteiger partial charge in [-0.15, -0.1) is 11.3 Å². The summed E-state index contributed by atoms with van der Waals surface area (Å²) < 4.78 is 2.59. The number of anilines is 2. The number of aryl methyl sites for hydroxylation is 2. The number of phenols is 1. The van der Waals surface area contributed by atoms with Crippen LogP contribution in [0.5, 0.6) is 5.75 Å². The van der Waals surface area contributed by atoms with E-state index in [0.29, 0.717) is 22.1 Å². The number of carbonyl (C=O) groups is 4. The second-order valence-corrected chi connectivity index (χ2v) is 16.4. The second kappa shape index (κ2) is 12.2. The van der Waals surface area contributed by atoms with Crippen molar-refractivity contribution in [1.29, 1.82) is 0 Å². The van der Waals surface area contributed by atoms with Gasteiger partial charge in [0.2, 0.25) is 23.6 Å². The molecule has 1 saturated carbocycles. The number of hydrogen-bond acceptors (Lipinski definition) is 9. The van der Waals surface area contributed by atoms with Gasteiger partial charge in [-0.1, -0.05) is 47.5 Å². The molecule has 5 aromatic rings. The zero-order chi connectivity index (χ0) is 38.0. The molecule has 2 saturated heterocycles. The molecule has 11 nitrogen and oxygen atoms in total. The van der Waals surface area contributed by atoms with Gasteiger partial charge in [-0.05, 0) is 97.0 Å². The number of phenolic OH excluding ortho intramolecular Hbond substituents is 1. The summed E-state index contributed by atoms with van der Waals surface area (Å²) in [5.41, 5.74) is 2.24. The van der Waals surface area contributed by atoms with E-state index >= 15 is 4.79 Å². The Kier molecular flexibility index (Phi) is 7.85. The Hall–Kier alpha value is -5.08. The highest BCUT2D eigenvalue weighted by Gasteiger charge is 2.68. The van der Waals surface area contributed by atoms with Gasteiger partial charge >= 0.3 is 7.12 Å². The monoisotopic (exact) mass is 760 g/mol. The lowest BCUT2D eigenvalue weighted by Crippen LogP contribution is -2.48. The first-order valence-electron chi connectivity index (χ1n) is 17.7. The number of benzene rings is 3. The standard InChI is InChI=1S/C40H34BClN4O7S/c1-19-27-16-22(42)9-14-31(27)54-35(19)30-18-32(44(3)43-30)46-37(49)29-17-28-25(34(40(29,2)39(46)51)20-7-10-24(47)11-8-20)12-13-26-33(28)38(50)45(36(26)48)23-6-4-5-21(15-23)41(52)53/h4-12,14-16,18,26,28-29,33-34,47,52-53H,13,17H2,1-3H3. The van der Waals surface area contributed by atoms with Crippen molar-refractivity contribution in [2.75, 3.05) is 9.80 Å². The molecule has 6 unspecified atom stereocenters. The van der Waals surface area contributed by atoms with Gasteiger partial charge in [0.15, 0.2) is 0 Å². The predicted molar refractivity (Wildman–Crippen MR) is 205 cm³/mol. The number of aromatic nitrogens is 2. The fraction of sp³-hybridized carbons (Fsp3) is 0.275. The average molecular weight is 761 g/mol. The molecule has 0 radical (unpaired) electrons. The van der Waals surface area contributed by atoms with E-state index in [2.05, 4.69) is 0 Å². The number of rotatable bonds is 5. The molecular formula is C40H34BClN4O7S. The minimum absolute atomic E-state index is 0.0459. The van der Waals surface area contributed by atoms with Crippen molar-refractivity contribution < 1.29 is 34.3 Å². The highest BCUT2D eigenvalue weighted by Crippen LogP contribution is 2.64. The third-order valence-corrected chi connectivity index (χ3v) is 13.7. The Labute approximate surface area is 319 Å². The van der Waals surface area contributed by atoms with E-state index in [1.165, 1.54) is 17.0 Å². The molecule has 2 aliphatic carbocycles. The molecule has 2 aromatic heterocycles. The van der Waals surface area contributed by atoms with Gasteiger partial charge in [-0.25, -0.2) is 4.90 Å². The van der Waals surface area contributed by atoms with Crippen LogP contribution in [0, 0.1) is 36.0 Å². The molecule has 4 heterocycles. The molecular weight excluding hydrogens is 727 g/mol. The summed E-state index contributed by atoms with van der Waals surface area (Å²) in [6.45, 7) is 3.81. The largest absolute Gasteiger partial charge is 0.508 e. The smallest absolute Gasteiger partial charge is 0.488 e. The maximum atomic E-state index is 15.0. The van der Waals surface area contributed by atoms with Crippen LogP contribution in [0.3, 0.4) is 0 Å². The highest BCUT2D eigenvalue weighted by atomic mass is 35.5. The lowest BCUT2D eigenvalue weighted by Gasteiger charge is -2.49. The first-order valence-corrected chi connectivity index (χ1v) is 18.9. The number of carbonyl (C=O) groups excluding carboxylic acids is 4. The summed E-state index contributed by atoms with van der Waals surface area (Å²) in [5, 5.41) is 36.2. The van der Waals surface area contributed by atoms with Crippen molar-refractivity contribution >= 4 is 80.7 Å². The fourth-order valence-corrected chi connectivity index (χ4v) is 10.9. The van der Waals surface area contributed by atoms with Crippen LogP contribution in [-0.4, -0.2) is 55.7 Å². The van der Waals surface area contributed by atoms with Crippen LogP contribution >= 0.6 is 22.9 Å². The Morgan fingerprint density at radius 2 is 1.69 bits per heavy atom. The van der Waals surface area contributed by atoms with Gasteiger partial charge in [0.05, 0.1) is 33.7 Å². The summed E-state index contributed by atoms with van der Waals surface area (Å²) in [6, 6.07) is 20.1. The van der Waals surface area contributed by atoms with Gasteiger partial charge in [-0.2, -0.15) is 5.10 Å². The van der Waals surface area contributed by atoms with Crippen molar-refractivity contribution in [2.24, 2.45) is 36.1 Å². The van der Waals surface area contributed by atoms with Crippen molar-refractivity contribution in [3.8, 4) is 16.3 Å². The van der Waals surface area contributed by atoms with Gasteiger partial charge in [0, 0.05) is 28.8 Å². The third-order valence-electron chi connectivity index (χ3n) is 12.1. The molecule has 3 aromatic carbocycles. The third kappa shape index (κ3) is 4.84. The average Bonchev–Trinajstić information content (AvgIpc) is 3.82. The molecule has 4 aliphatic rings. The van der Waals surface area contributed by atoms with Gasteiger partial charge in [0.1, 0.15) is 17.3 Å². The summed E-state index contributed by atoms with van der Waals surface area (Å²) in [5.74, 6) is -4.76. The second-order valence-electron chi connectivity index (χ2n) is 14.9. The van der Waals surface area contributed by atoms with Crippen LogP contribution in [0.2, 0.25) is 5.02 Å². The van der Waals surface area contributed by atoms with Crippen LogP contribution < -0.4 is 15.3 Å². The van der Waals surface area contributed by atoms with Crippen molar-refractivity contribution in [3.05, 3.63) is 101 Å². The minimum atomic E-state index is -1.78. The van der Waals surface area contributed by atoms with Crippen LogP contribution in [-0.2, 0) is 26.2 Å². The number of nitrogens with zero attached hydrogens (tertiary/aromatic N) is 4. The van der Waals surface area contributed by atoms with Crippen LogP contribution in [0.25, 0.3) is 20.7 Å². The van der Waals surface area contributed by atoms with Gasteiger partial charge in [0.25, 0.3) is 0 Å². The lowest BCUT2D eigenvalue weighted by molar-refractivity contribution is -0.131. The SMILES string of the molecule is Cc1c(-c2cc(N3C(=O)C4CC5C(=CCC6C(=O)N(c7cccc(B(O)O)c7)C(=O)C65)C(c5ccc(O)cc5)C4(C)C3=O)n(C)n2)sc2ccc(Cl)cc12. The Morgan fingerprint density at radius 1 is 0.926 bits per heavy atom. The van der Waals surface area contributed by atoms with E-state index in [4.69, 9.17) is 16.7 Å². The van der Waals surface area contributed by atoms with Crippen LogP contribution in [0.15, 0.2) is 84.4 Å². The first-order chi connectivity index (χ1) is 25.8. The minimum Gasteiger partial charge on any atom is -0.508 e. The quantitative estimate of drug-likeness (QED) is 0.127. The number of thiophene rings is 1. The van der Waals surface area contributed by atoms with Crippen molar-refractivity contribution in [3.63, 3.8) is 0 Å². The summed E-state index contributed by atoms with van der Waals surface area (Å²) in [4.78, 5) is 61.5. The van der Waals surface area contributed by atoms with Crippen LogP contribution in [0.4, 0.5) is 11.5 Å². The van der Waals surface area contributed by atoms with E-state index in [1.807, 2.05) is 38.1 Å². The molecule has 272 valence electrons. The van der Waals surface area contributed by atoms with E-state index in [0.717, 1.165) is 31.0 Å².